The first-order valence-electron chi connectivity index (χ1n) is 9.00. The molecule has 0 saturated carbocycles. The van der Waals surface area contributed by atoms with E-state index >= 15 is 0 Å². The highest BCUT2D eigenvalue weighted by Gasteiger charge is 2.30. The number of carbonyl (C=O) groups is 1. The molecule has 9 heteroatoms. The Kier molecular flexibility index (Phi) is 8.03. The van der Waals surface area contributed by atoms with Crippen LogP contribution in [-0.4, -0.2) is 63.1 Å². The maximum atomic E-state index is 14.5. The molecule has 6 nitrogen and oxygen atoms in total. The summed E-state index contributed by atoms with van der Waals surface area (Å²) in [6.45, 7) is 5.33. The Morgan fingerprint density at radius 2 is 2.22 bits per heavy atom. The predicted molar refractivity (Wildman–Crippen MR) is 103 cm³/mol. The summed E-state index contributed by atoms with van der Waals surface area (Å²) in [6.07, 6.45) is 0.418. The number of benzene rings is 1. The van der Waals surface area contributed by atoms with Crippen LogP contribution in [0.2, 0.25) is 5.02 Å². The van der Waals surface area contributed by atoms with Gasteiger partial charge in [0.25, 0.3) is 0 Å². The monoisotopic (exact) mass is 420 g/mol. The molecule has 0 aliphatic carbocycles. The molecule has 1 N–H and O–H groups in total. The third-order valence-corrected chi connectivity index (χ3v) is 6.47. The number of nitrogens with one attached hydrogen (secondary N) is 1. The minimum Gasteiger partial charge on any atom is -0.376 e. The molecule has 1 aliphatic rings. The standard InChI is InChI=1S/C18H26ClFN2O4S/c1-3-9-27(24,25)12-17(23)21-10-16(22-7-8-26-13(2)11-22)18-14(19)5-4-6-15(18)20/h4-6,13,16H,3,7-12H2,1-2H3,(H,21,23). The van der Waals surface area contributed by atoms with Gasteiger partial charge in [0, 0.05) is 30.2 Å². The van der Waals surface area contributed by atoms with E-state index in [9.17, 15) is 17.6 Å². The second-order valence-corrected chi connectivity index (χ2v) is 9.31. The van der Waals surface area contributed by atoms with Crippen LogP contribution in [-0.2, 0) is 19.4 Å². The van der Waals surface area contributed by atoms with Crippen molar-refractivity contribution in [3.8, 4) is 0 Å². The summed E-state index contributed by atoms with van der Waals surface area (Å²) in [5.74, 6) is -1.66. The molecule has 0 spiro atoms. The molecular weight excluding hydrogens is 395 g/mol. The van der Waals surface area contributed by atoms with E-state index in [0.717, 1.165) is 0 Å². The Bertz CT molecular complexity index is 739. The van der Waals surface area contributed by atoms with E-state index < -0.39 is 33.4 Å². The van der Waals surface area contributed by atoms with E-state index in [0.29, 0.717) is 31.7 Å². The summed E-state index contributed by atoms with van der Waals surface area (Å²) < 4.78 is 43.7. The number of morpholine rings is 1. The smallest absolute Gasteiger partial charge is 0.235 e. The zero-order chi connectivity index (χ0) is 20.0. The molecule has 1 fully saturated rings. The van der Waals surface area contributed by atoms with E-state index in [1.165, 1.54) is 12.1 Å². The molecule has 1 amide bonds. The topological polar surface area (TPSA) is 75.7 Å². The van der Waals surface area contributed by atoms with Gasteiger partial charge >= 0.3 is 0 Å². The van der Waals surface area contributed by atoms with Gasteiger partial charge in [0.05, 0.1) is 24.5 Å². The second-order valence-electron chi connectivity index (χ2n) is 6.72. The lowest BCUT2D eigenvalue weighted by Crippen LogP contribution is -2.47. The summed E-state index contributed by atoms with van der Waals surface area (Å²) in [5, 5.41) is 2.91. The molecule has 2 atom stereocenters. The molecule has 1 heterocycles. The van der Waals surface area contributed by atoms with Crippen molar-refractivity contribution in [2.24, 2.45) is 0 Å². The number of ether oxygens (including phenoxy) is 1. The lowest BCUT2D eigenvalue weighted by Gasteiger charge is -2.38. The van der Waals surface area contributed by atoms with E-state index in [1.54, 1.807) is 13.0 Å². The fourth-order valence-electron chi connectivity index (χ4n) is 3.22. The molecule has 0 bridgehead atoms. The summed E-state index contributed by atoms with van der Waals surface area (Å²) >= 11 is 6.24. The third kappa shape index (κ3) is 6.41. The average Bonchev–Trinajstić information content (AvgIpc) is 2.56. The number of nitrogens with zero attached hydrogens (tertiary/aromatic N) is 1. The highest BCUT2D eigenvalue weighted by atomic mass is 35.5. The molecule has 1 aliphatic heterocycles. The molecule has 0 aromatic heterocycles. The van der Waals surface area contributed by atoms with Crippen LogP contribution in [0.3, 0.4) is 0 Å². The van der Waals surface area contributed by atoms with Crippen LogP contribution >= 0.6 is 11.6 Å². The first-order valence-corrected chi connectivity index (χ1v) is 11.2. The molecule has 1 aromatic carbocycles. The van der Waals surface area contributed by atoms with Gasteiger partial charge in [-0.15, -0.1) is 0 Å². The summed E-state index contributed by atoms with van der Waals surface area (Å²) in [6, 6.07) is 3.94. The molecule has 152 valence electrons. The Morgan fingerprint density at radius 3 is 2.85 bits per heavy atom. The van der Waals surface area contributed by atoms with Gasteiger partial charge < -0.3 is 10.1 Å². The van der Waals surface area contributed by atoms with Gasteiger partial charge in [-0.05, 0) is 25.5 Å². The van der Waals surface area contributed by atoms with Crippen molar-refractivity contribution < 1.29 is 22.3 Å². The lowest BCUT2D eigenvalue weighted by molar-refractivity contribution is -0.119. The Labute approximate surface area is 164 Å². The molecule has 2 unspecified atom stereocenters. The Balaban J connectivity index is 2.17. The van der Waals surface area contributed by atoms with Crippen molar-refractivity contribution in [2.45, 2.75) is 32.4 Å². The highest BCUT2D eigenvalue weighted by Crippen LogP contribution is 2.31. The zero-order valence-corrected chi connectivity index (χ0v) is 17.2. The predicted octanol–water partition coefficient (Wildman–Crippen LogP) is 2.18. The number of hydrogen-bond donors (Lipinski definition) is 1. The number of rotatable bonds is 8. The maximum absolute atomic E-state index is 14.5. The number of sulfone groups is 1. The van der Waals surface area contributed by atoms with Gasteiger partial charge in [0.1, 0.15) is 11.6 Å². The largest absolute Gasteiger partial charge is 0.376 e. The minimum absolute atomic E-state index is 0.0348. The van der Waals surface area contributed by atoms with Crippen molar-refractivity contribution in [3.63, 3.8) is 0 Å². The average molecular weight is 421 g/mol. The van der Waals surface area contributed by atoms with E-state index in [1.807, 2.05) is 11.8 Å². The maximum Gasteiger partial charge on any atom is 0.235 e. The van der Waals surface area contributed by atoms with Gasteiger partial charge in [-0.1, -0.05) is 24.6 Å². The van der Waals surface area contributed by atoms with Crippen LogP contribution in [0.5, 0.6) is 0 Å². The quantitative estimate of drug-likeness (QED) is 0.697. The summed E-state index contributed by atoms with van der Waals surface area (Å²) in [4.78, 5) is 14.1. The van der Waals surface area contributed by atoms with Crippen LogP contribution in [0.1, 0.15) is 31.9 Å². The Morgan fingerprint density at radius 1 is 1.48 bits per heavy atom. The number of amides is 1. The SMILES string of the molecule is CCCS(=O)(=O)CC(=O)NCC(c1c(F)cccc1Cl)N1CCOC(C)C1. The van der Waals surface area contributed by atoms with Crippen LogP contribution in [0, 0.1) is 5.82 Å². The molecule has 1 saturated heterocycles. The first kappa shape index (κ1) is 22.1. The van der Waals surface area contributed by atoms with Crippen LogP contribution < -0.4 is 5.32 Å². The number of halogens is 2. The van der Waals surface area contributed by atoms with Crippen LogP contribution in [0.25, 0.3) is 0 Å². The van der Waals surface area contributed by atoms with E-state index in [4.69, 9.17) is 16.3 Å². The summed E-state index contributed by atoms with van der Waals surface area (Å²) in [7, 11) is -3.44. The highest BCUT2D eigenvalue weighted by molar-refractivity contribution is 7.92. The van der Waals surface area contributed by atoms with Crippen molar-refractivity contribution in [2.75, 3.05) is 37.7 Å². The second kappa shape index (κ2) is 9.82. The van der Waals surface area contributed by atoms with Crippen LogP contribution in [0.15, 0.2) is 18.2 Å². The van der Waals surface area contributed by atoms with Crippen molar-refractivity contribution in [1.82, 2.24) is 10.2 Å². The van der Waals surface area contributed by atoms with Gasteiger partial charge in [-0.2, -0.15) is 0 Å². The molecule has 27 heavy (non-hydrogen) atoms. The normalized spacial score (nSPS) is 19.6. The van der Waals surface area contributed by atoms with Gasteiger partial charge in [0.15, 0.2) is 9.84 Å². The zero-order valence-electron chi connectivity index (χ0n) is 15.6. The van der Waals surface area contributed by atoms with E-state index in [2.05, 4.69) is 5.32 Å². The van der Waals surface area contributed by atoms with Crippen molar-refractivity contribution in [3.05, 3.63) is 34.6 Å². The molecule has 1 aromatic rings. The Hall–Kier alpha value is -1.22. The lowest BCUT2D eigenvalue weighted by atomic mass is 10.0. The fraction of sp³-hybridized carbons (Fsp3) is 0.611. The molecule has 2 rings (SSSR count). The van der Waals surface area contributed by atoms with Gasteiger partial charge in [-0.3, -0.25) is 9.69 Å². The molecular formula is C18H26ClFN2O4S. The molecule has 0 radical (unpaired) electrons. The number of hydrogen-bond acceptors (Lipinski definition) is 5. The van der Waals surface area contributed by atoms with Crippen LogP contribution in [0.4, 0.5) is 4.39 Å². The van der Waals surface area contributed by atoms with Crippen molar-refractivity contribution in [1.29, 1.82) is 0 Å². The third-order valence-electron chi connectivity index (χ3n) is 4.40. The fourth-order valence-corrected chi connectivity index (χ4v) is 4.77. The van der Waals surface area contributed by atoms with E-state index in [-0.39, 0.29) is 23.4 Å². The first-order chi connectivity index (χ1) is 12.7. The van der Waals surface area contributed by atoms with Crippen molar-refractivity contribution >= 4 is 27.3 Å². The minimum atomic E-state index is -3.44. The number of carbonyl (C=O) groups excluding carboxylic acids is 1. The van der Waals surface area contributed by atoms with Gasteiger partial charge in [-0.25, -0.2) is 12.8 Å². The van der Waals surface area contributed by atoms with Gasteiger partial charge in [0.2, 0.25) is 5.91 Å². The summed E-state index contributed by atoms with van der Waals surface area (Å²) in [5.41, 5.74) is 0.296.